The van der Waals surface area contributed by atoms with Gasteiger partial charge in [-0.15, -0.1) is 0 Å². The second kappa shape index (κ2) is 8.81. The smallest absolute Gasteiger partial charge is 0.333 e. The number of rotatable bonds is 7. The van der Waals surface area contributed by atoms with Gasteiger partial charge in [-0.2, -0.15) is 0 Å². The first kappa shape index (κ1) is 19.1. The molecule has 0 unspecified atom stereocenters. The summed E-state index contributed by atoms with van der Waals surface area (Å²) in [4.78, 5) is 33.7. The highest BCUT2D eigenvalue weighted by molar-refractivity contribution is 5.96. The molecule has 0 aliphatic rings. The predicted molar refractivity (Wildman–Crippen MR) is 103 cm³/mol. The van der Waals surface area contributed by atoms with Crippen molar-refractivity contribution in [3.63, 3.8) is 0 Å². The van der Waals surface area contributed by atoms with Crippen molar-refractivity contribution >= 4 is 17.8 Å². The van der Waals surface area contributed by atoms with Gasteiger partial charge in [-0.05, 0) is 30.7 Å². The summed E-state index contributed by atoms with van der Waals surface area (Å²) in [5.41, 5.74) is 1.16. The molecule has 0 spiro atoms. The van der Waals surface area contributed by atoms with Crippen LogP contribution < -0.4 is 10.6 Å². The molecule has 1 amide bonds. The van der Waals surface area contributed by atoms with Crippen molar-refractivity contribution in [1.82, 2.24) is 15.3 Å². The zero-order valence-electron chi connectivity index (χ0n) is 15.5. The van der Waals surface area contributed by atoms with Crippen molar-refractivity contribution in [2.45, 2.75) is 13.0 Å². The standard InChI is InChI=1S/C20H20N4O4/c1-3-21-20-22-14(16-10-7-11-28-16)12-15(23-20)18(25)24-17(19(26)27-2)13-8-5-4-6-9-13/h4-12,17H,3H2,1-2H3,(H,24,25)(H,21,22,23)/t17-/m1/s1. The number of esters is 1. The highest BCUT2D eigenvalue weighted by Gasteiger charge is 2.25. The molecule has 3 aromatic rings. The summed E-state index contributed by atoms with van der Waals surface area (Å²) in [5.74, 6) is -0.320. The normalized spacial score (nSPS) is 11.5. The summed E-state index contributed by atoms with van der Waals surface area (Å²) >= 11 is 0. The van der Waals surface area contributed by atoms with E-state index in [9.17, 15) is 9.59 Å². The number of nitrogens with one attached hydrogen (secondary N) is 2. The Labute approximate surface area is 162 Å². The van der Waals surface area contributed by atoms with E-state index in [1.807, 2.05) is 13.0 Å². The Morgan fingerprint density at radius 2 is 1.93 bits per heavy atom. The van der Waals surface area contributed by atoms with Gasteiger partial charge in [-0.3, -0.25) is 4.79 Å². The first-order valence-electron chi connectivity index (χ1n) is 8.72. The largest absolute Gasteiger partial charge is 0.467 e. The minimum absolute atomic E-state index is 0.0992. The molecule has 28 heavy (non-hydrogen) atoms. The van der Waals surface area contributed by atoms with E-state index < -0.39 is 17.9 Å². The number of anilines is 1. The Kier molecular flexibility index (Phi) is 6.01. The Balaban J connectivity index is 1.93. The number of aromatic nitrogens is 2. The molecule has 0 aliphatic heterocycles. The maximum Gasteiger partial charge on any atom is 0.333 e. The fraction of sp³-hybridized carbons (Fsp3) is 0.200. The molecule has 2 heterocycles. The highest BCUT2D eigenvalue weighted by atomic mass is 16.5. The maximum absolute atomic E-state index is 12.9. The van der Waals surface area contributed by atoms with Gasteiger partial charge in [-0.25, -0.2) is 14.8 Å². The van der Waals surface area contributed by atoms with Crippen LogP contribution in [0.2, 0.25) is 0 Å². The number of nitrogens with zero attached hydrogens (tertiary/aromatic N) is 2. The first-order chi connectivity index (χ1) is 13.6. The molecule has 1 aromatic carbocycles. The van der Waals surface area contributed by atoms with Crippen molar-refractivity contribution in [3.8, 4) is 11.5 Å². The second-order valence-electron chi connectivity index (χ2n) is 5.81. The second-order valence-corrected chi connectivity index (χ2v) is 5.81. The fourth-order valence-corrected chi connectivity index (χ4v) is 2.60. The molecule has 0 saturated heterocycles. The van der Waals surface area contributed by atoms with Gasteiger partial charge < -0.3 is 19.8 Å². The number of carbonyl (C=O) groups excluding carboxylic acids is 2. The number of hydrogen-bond acceptors (Lipinski definition) is 7. The third kappa shape index (κ3) is 4.35. The zero-order chi connectivity index (χ0) is 19.9. The molecule has 0 radical (unpaired) electrons. The number of carbonyl (C=O) groups is 2. The third-order valence-electron chi connectivity index (χ3n) is 3.91. The number of ether oxygens (including phenoxy) is 1. The Morgan fingerprint density at radius 3 is 2.57 bits per heavy atom. The van der Waals surface area contributed by atoms with E-state index in [2.05, 4.69) is 20.6 Å². The topological polar surface area (TPSA) is 106 Å². The zero-order valence-corrected chi connectivity index (χ0v) is 15.5. The molecule has 0 aliphatic carbocycles. The van der Waals surface area contributed by atoms with Crippen LogP contribution in [0.5, 0.6) is 0 Å². The quantitative estimate of drug-likeness (QED) is 0.607. The van der Waals surface area contributed by atoms with Crippen LogP contribution in [0.1, 0.15) is 29.0 Å². The van der Waals surface area contributed by atoms with Gasteiger partial charge in [-0.1, -0.05) is 30.3 Å². The van der Waals surface area contributed by atoms with Gasteiger partial charge in [0.15, 0.2) is 11.8 Å². The van der Waals surface area contributed by atoms with Crippen LogP contribution in [-0.4, -0.2) is 35.5 Å². The van der Waals surface area contributed by atoms with Gasteiger partial charge in [0.2, 0.25) is 5.95 Å². The minimum Gasteiger partial charge on any atom is -0.467 e. The molecule has 1 atom stereocenters. The lowest BCUT2D eigenvalue weighted by Crippen LogP contribution is -2.35. The molecule has 0 bridgehead atoms. The van der Waals surface area contributed by atoms with E-state index in [0.717, 1.165) is 0 Å². The Hall–Kier alpha value is -3.68. The van der Waals surface area contributed by atoms with Crippen LogP contribution in [0.4, 0.5) is 5.95 Å². The summed E-state index contributed by atoms with van der Waals surface area (Å²) in [7, 11) is 1.27. The SMILES string of the molecule is CCNc1nc(C(=O)N[C@@H](C(=O)OC)c2ccccc2)cc(-c2ccco2)n1. The summed E-state index contributed by atoms with van der Waals surface area (Å²) in [6, 6.07) is 12.9. The Bertz CT molecular complexity index is 942. The lowest BCUT2D eigenvalue weighted by Gasteiger charge is -2.17. The lowest BCUT2D eigenvalue weighted by molar-refractivity contribution is -0.143. The van der Waals surface area contributed by atoms with Crippen LogP contribution in [0.25, 0.3) is 11.5 Å². The monoisotopic (exact) mass is 380 g/mol. The van der Waals surface area contributed by atoms with Gasteiger partial charge in [0.25, 0.3) is 5.91 Å². The predicted octanol–water partition coefficient (Wildman–Crippen LogP) is 2.81. The molecule has 0 fully saturated rings. The van der Waals surface area contributed by atoms with Gasteiger partial charge in [0.05, 0.1) is 13.4 Å². The summed E-state index contributed by atoms with van der Waals surface area (Å²) in [6.07, 6.45) is 1.52. The van der Waals surface area contributed by atoms with E-state index in [1.165, 1.54) is 19.4 Å². The van der Waals surface area contributed by atoms with E-state index in [4.69, 9.17) is 9.15 Å². The van der Waals surface area contributed by atoms with Crippen LogP contribution in [0.15, 0.2) is 59.2 Å². The van der Waals surface area contributed by atoms with Gasteiger partial charge >= 0.3 is 5.97 Å². The van der Waals surface area contributed by atoms with Crippen molar-refractivity contribution in [2.24, 2.45) is 0 Å². The van der Waals surface area contributed by atoms with E-state index in [0.29, 0.717) is 23.6 Å². The molecule has 144 valence electrons. The number of hydrogen-bond donors (Lipinski definition) is 2. The van der Waals surface area contributed by atoms with Crippen LogP contribution in [0.3, 0.4) is 0 Å². The van der Waals surface area contributed by atoms with Crippen molar-refractivity contribution < 1.29 is 18.7 Å². The van der Waals surface area contributed by atoms with E-state index >= 15 is 0 Å². The van der Waals surface area contributed by atoms with Crippen LogP contribution in [0, 0.1) is 0 Å². The average molecular weight is 380 g/mol. The molecule has 0 saturated carbocycles. The average Bonchev–Trinajstić information content (AvgIpc) is 3.27. The van der Waals surface area contributed by atoms with Crippen molar-refractivity contribution in [3.05, 3.63) is 66.1 Å². The lowest BCUT2D eigenvalue weighted by atomic mass is 10.1. The number of benzene rings is 1. The summed E-state index contributed by atoms with van der Waals surface area (Å²) in [6.45, 7) is 2.48. The number of methoxy groups -OCH3 is 1. The van der Waals surface area contributed by atoms with Gasteiger partial charge in [0.1, 0.15) is 11.4 Å². The number of furan rings is 1. The molecular formula is C20H20N4O4. The number of amides is 1. The van der Waals surface area contributed by atoms with Crippen molar-refractivity contribution in [1.29, 1.82) is 0 Å². The molecule has 8 heteroatoms. The molecule has 2 N–H and O–H groups in total. The molecular weight excluding hydrogens is 360 g/mol. The van der Waals surface area contributed by atoms with Crippen LogP contribution in [-0.2, 0) is 9.53 Å². The molecule has 2 aromatic heterocycles. The summed E-state index contributed by atoms with van der Waals surface area (Å²) in [5, 5.41) is 5.67. The molecule has 3 rings (SSSR count). The highest BCUT2D eigenvalue weighted by Crippen LogP contribution is 2.21. The van der Waals surface area contributed by atoms with Crippen molar-refractivity contribution in [2.75, 3.05) is 19.0 Å². The van der Waals surface area contributed by atoms with E-state index in [-0.39, 0.29) is 11.6 Å². The fourth-order valence-electron chi connectivity index (χ4n) is 2.60. The van der Waals surface area contributed by atoms with Crippen LogP contribution >= 0.6 is 0 Å². The first-order valence-corrected chi connectivity index (χ1v) is 8.72. The Morgan fingerprint density at radius 1 is 1.14 bits per heavy atom. The third-order valence-corrected chi connectivity index (χ3v) is 3.91. The van der Waals surface area contributed by atoms with E-state index in [1.54, 1.807) is 36.4 Å². The molecule has 8 nitrogen and oxygen atoms in total. The maximum atomic E-state index is 12.9. The van der Waals surface area contributed by atoms with Gasteiger partial charge in [0, 0.05) is 6.54 Å². The minimum atomic E-state index is -0.955. The summed E-state index contributed by atoms with van der Waals surface area (Å²) < 4.78 is 10.2.